The van der Waals surface area contributed by atoms with E-state index >= 15 is 0 Å². The van der Waals surface area contributed by atoms with Gasteiger partial charge in [0.1, 0.15) is 5.83 Å². The van der Waals surface area contributed by atoms with Gasteiger partial charge < -0.3 is 0 Å². The fourth-order valence-corrected chi connectivity index (χ4v) is 2.62. The highest BCUT2D eigenvalue weighted by atomic mass is 19.1. The summed E-state index contributed by atoms with van der Waals surface area (Å²) in [4.78, 5) is 0. The summed E-state index contributed by atoms with van der Waals surface area (Å²) in [6.07, 6.45) is 8.55. The van der Waals surface area contributed by atoms with Gasteiger partial charge in [-0.2, -0.15) is 0 Å². The lowest BCUT2D eigenvalue weighted by Crippen LogP contribution is -1.89. The molecule has 0 fully saturated rings. The first-order chi connectivity index (χ1) is 12.1. The van der Waals surface area contributed by atoms with Crippen LogP contribution in [0.15, 0.2) is 83.3 Å². The molecule has 0 bridgehead atoms. The Hall–Kier alpha value is -2.41. The van der Waals surface area contributed by atoms with Crippen LogP contribution in [0.25, 0.3) is 6.08 Å². The average molecular weight is 351 g/mol. The molecule has 0 heterocycles. The molecule has 0 aromatic heterocycles. The molecule has 0 aliphatic rings. The Morgan fingerprint density at radius 2 is 1.65 bits per heavy atom. The first-order valence-corrected chi connectivity index (χ1v) is 9.01. The summed E-state index contributed by atoms with van der Waals surface area (Å²) < 4.78 is 14.0. The van der Waals surface area contributed by atoms with Crippen LogP contribution in [-0.2, 0) is 0 Å². The molecule has 1 aromatic carbocycles. The van der Waals surface area contributed by atoms with Crippen molar-refractivity contribution >= 4 is 6.08 Å². The van der Waals surface area contributed by atoms with Gasteiger partial charge in [-0.25, -0.2) is 4.39 Å². The molecule has 0 N–H and O–H groups in total. The summed E-state index contributed by atoms with van der Waals surface area (Å²) >= 11 is 0. The molecule has 0 atom stereocenters. The lowest BCUT2D eigenvalue weighted by Gasteiger charge is -2.08. The highest BCUT2D eigenvalue weighted by molar-refractivity contribution is 5.61. The Balaban J connectivity index is 3.10. The Bertz CT molecular complexity index is 811. The van der Waals surface area contributed by atoms with Crippen molar-refractivity contribution in [2.45, 2.75) is 48.0 Å². The molecule has 0 aliphatic carbocycles. The molecule has 0 spiro atoms. The molecule has 138 valence electrons. The monoisotopic (exact) mass is 350 g/mol. The van der Waals surface area contributed by atoms with Gasteiger partial charge in [-0.15, -0.1) is 0 Å². The SMILES string of the molecule is C=C(C)/C=C(/F)C(=C)/C(C)=C/C=C(C)/C(=C/c1ccc(C)cc1C)CC. The summed E-state index contributed by atoms with van der Waals surface area (Å²) in [7, 11) is 0. The second kappa shape index (κ2) is 9.91. The van der Waals surface area contributed by atoms with Crippen molar-refractivity contribution in [3.05, 3.63) is 100.0 Å². The molecule has 0 radical (unpaired) electrons. The van der Waals surface area contributed by atoms with E-state index in [2.05, 4.69) is 65.1 Å². The number of hydrogen-bond acceptors (Lipinski definition) is 0. The maximum atomic E-state index is 14.0. The molecule has 1 aromatic rings. The zero-order valence-electron chi connectivity index (χ0n) is 17.0. The van der Waals surface area contributed by atoms with E-state index in [0.29, 0.717) is 11.1 Å². The summed E-state index contributed by atoms with van der Waals surface area (Å²) in [6, 6.07) is 6.49. The van der Waals surface area contributed by atoms with Crippen LogP contribution in [0.1, 0.15) is 50.8 Å². The predicted octanol–water partition coefficient (Wildman–Crippen LogP) is 7.98. The summed E-state index contributed by atoms with van der Waals surface area (Å²) in [6.45, 7) is 19.7. The maximum Gasteiger partial charge on any atom is 0.130 e. The van der Waals surface area contributed by atoms with Crippen molar-refractivity contribution in [2.24, 2.45) is 0 Å². The minimum absolute atomic E-state index is 0.334. The van der Waals surface area contributed by atoms with Crippen molar-refractivity contribution in [2.75, 3.05) is 0 Å². The molecular formula is C25H31F. The third-order valence-corrected chi connectivity index (χ3v) is 4.36. The van der Waals surface area contributed by atoms with Crippen LogP contribution in [-0.4, -0.2) is 0 Å². The number of aryl methyl sites for hydroxylation is 2. The van der Waals surface area contributed by atoms with Crippen LogP contribution in [0, 0.1) is 13.8 Å². The minimum Gasteiger partial charge on any atom is -0.206 e. The Morgan fingerprint density at radius 3 is 2.19 bits per heavy atom. The lowest BCUT2D eigenvalue weighted by molar-refractivity contribution is 0.654. The topological polar surface area (TPSA) is 0 Å². The first kappa shape index (κ1) is 21.6. The normalized spacial score (nSPS) is 13.8. The Kier molecular flexibility index (Phi) is 8.25. The van der Waals surface area contributed by atoms with E-state index in [4.69, 9.17) is 0 Å². The van der Waals surface area contributed by atoms with Crippen LogP contribution in [0.5, 0.6) is 0 Å². The van der Waals surface area contributed by atoms with Gasteiger partial charge in [-0.05, 0) is 75.0 Å². The second-order valence-electron chi connectivity index (χ2n) is 6.90. The van der Waals surface area contributed by atoms with Crippen molar-refractivity contribution in [1.82, 2.24) is 0 Å². The zero-order valence-corrected chi connectivity index (χ0v) is 17.0. The average Bonchev–Trinajstić information content (AvgIpc) is 2.57. The Labute approximate surface area is 158 Å². The molecule has 0 amide bonds. The molecule has 0 aliphatic heterocycles. The van der Waals surface area contributed by atoms with Crippen LogP contribution >= 0.6 is 0 Å². The van der Waals surface area contributed by atoms with Gasteiger partial charge in [0.15, 0.2) is 0 Å². The number of rotatable bonds is 7. The zero-order chi connectivity index (χ0) is 19.9. The van der Waals surface area contributed by atoms with Crippen molar-refractivity contribution in [1.29, 1.82) is 0 Å². The molecular weight excluding hydrogens is 319 g/mol. The fourth-order valence-electron chi connectivity index (χ4n) is 2.62. The molecule has 1 rings (SSSR count). The van der Waals surface area contributed by atoms with E-state index in [1.165, 1.54) is 33.9 Å². The van der Waals surface area contributed by atoms with E-state index in [0.717, 1.165) is 12.0 Å². The van der Waals surface area contributed by atoms with E-state index in [-0.39, 0.29) is 5.83 Å². The molecule has 0 unspecified atom stereocenters. The smallest absolute Gasteiger partial charge is 0.130 e. The molecule has 0 nitrogen and oxygen atoms in total. The second-order valence-corrected chi connectivity index (χ2v) is 6.90. The van der Waals surface area contributed by atoms with Gasteiger partial charge in [0.2, 0.25) is 0 Å². The van der Waals surface area contributed by atoms with Gasteiger partial charge in [0, 0.05) is 5.57 Å². The predicted molar refractivity (Wildman–Crippen MR) is 115 cm³/mol. The summed E-state index contributed by atoms with van der Waals surface area (Å²) in [5.41, 5.74) is 8.10. The summed E-state index contributed by atoms with van der Waals surface area (Å²) in [5, 5.41) is 0. The van der Waals surface area contributed by atoms with Crippen LogP contribution in [0.3, 0.4) is 0 Å². The van der Waals surface area contributed by atoms with E-state index in [1.54, 1.807) is 6.92 Å². The van der Waals surface area contributed by atoms with Gasteiger partial charge in [-0.1, -0.05) is 67.6 Å². The third-order valence-electron chi connectivity index (χ3n) is 4.36. The number of halogens is 1. The fraction of sp³-hybridized carbons (Fsp3) is 0.280. The highest BCUT2D eigenvalue weighted by Crippen LogP contribution is 2.23. The van der Waals surface area contributed by atoms with Crippen molar-refractivity contribution < 1.29 is 4.39 Å². The largest absolute Gasteiger partial charge is 0.206 e. The number of hydrogen-bond donors (Lipinski definition) is 0. The number of allylic oxidation sites excluding steroid dienone is 9. The molecule has 0 saturated heterocycles. The lowest BCUT2D eigenvalue weighted by atomic mass is 9.97. The van der Waals surface area contributed by atoms with Crippen LogP contribution in [0.2, 0.25) is 0 Å². The number of benzene rings is 1. The van der Waals surface area contributed by atoms with E-state index in [1.807, 2.05) is 19.1 Å². The van der Waals surface area contributed by atoms with Crippen LogP contribution < -0.4 is 0 Å². The van der Waals surface area contributed by atoms with Gasteiger partial charge >= 0.3 is 0 Å². The first-order valence-electron chi connectivity index (χ1n) is 9.01. The van der Waals surface area contributed by atoms with Crippen molar-refractivity contribution in [3.8, 4) is 0 Å². The highest BCUT2D eigenvalue weighted by Gasteiger charge is 2.04. The van der Waals surface area contributed by atoms with Crippen LogP contribution in [0.4, 0.5) is 4.39 Å². The van der Waals surface area contributed by atoms with Crippen molar-refractivity contribution in [3.63, 3.8) is 0 Å². The Morgan fingerprint density at radius 1 is 1.04 bits per heavy atom. The minimum atomic E-state index is -0.334. The summed E-state index contributed by atoms with van der Waals surface area (Å²) in [5.74, 6) is -0.334. The molecule has 0 saturated carbocycles. The van der Waals surface area contributed by atoms with E-state index in [9.17, 15) is 4.39 Å². The standard InChI is InChI=1S/C25H31F/c1-9-23(16-24-13-10-18(4)15-21(24)7)20(6)12-11-19(5)22(8)25(26)14-17(2)3/h10-16H,2,8-9H2,1,3-7H3/b19-11+,20-12+,23-16+,25-14+. The quantitative estimate of drug-likeness (QED) is 0.437. The van der Waals surface area contributed by atoms with Gasteiger partial charge in [0.05, 0.1) is 0 Å². The molecule has 1 heteroatoms. The molecule has 26 heavy (non-hydrogen) atoms. The van der Waals surface area contributed by atoms with E-state index < -0.39 is 0 Å². The van der Waals surface area contributed by atoms with Gasteiger partial charge in [-0.3, -0.25) is 0 Å². The van der Waals surface area contributed by atoms with Gasteiger partial charge in [0.25, 0.3) is 0 Å². The third kappa shape index (κ3) is 6.48. The maximum absolute atomic E-state index is 14.0.